The second kappa shape index (κ2) is 4.31. The summed E-state index contributed by atoms with van der Waals surface area (Å²) in [7, 11) is 0. The number of carbonyl (C=O) groups excluding carboxylic acids is 2. The van der Waals surface area contributed by atoms with Gasteiger partial charge in [-0.15, -0.1) is 0 Å². The number of piperidine rings is 1. The van der Waals surface area contributed by atoms with Gasteiger partial charge in [-0.1, -0.05) is 0 Å². The van der Waals surface area contributed by atoms with Gasteiger partial charge in [0.25, 0.3) is 0 Å². The zero-order chi connectivity index (χ0) is 11.8. The fourth-order valence-electron chi connectivity index (χ4n) is 3.21. The maximum absolute atomic E-state index is 12.5. The van der Waals surface area contributed by atoms with Crippen LogP contribution < -0.4 is 0 Å². The van der Waals surface area contributed by atoms with Gasteiger partial charge in [-0.3, -0.25) is 9.59 Å². The van der Waals surface area contributed by atoms with Crippen LogP contribution in [0.25, 0.3) is 0 Å². The van der Waals surface area contributed by atoms with E-state index in [1.807, 2.05) is 9.80 Å². The Morgan fingerprint density at radius 3 is 2.41 bits per heavy atom. The predicted molar refractivity (Wildman–Crippen MR) is 63.3 cm³/mol. The van der Waals surface area contributed by atoms with Gasteiger partial charge in [0.05, 0.1) is 0 Å². The van der Waals surface area contributed by atoms with Crippen LogP contribution in [0, 0.1) is 0 Å². The Hall–Kier alpha value is -1.06. The third-order valence-corrected chi connectivity index (χ3v) is 4.47. The van der Waals surface area contributed by atoms with E-state index in [1.54, 1.807) is 0 Å². The maximum Gasteiger partial charge on any atom is 0.245 e. The summed E-state index contributed by atoms with van der Waals surface area (Å²) in [6, 6.07) is 0.288. The van der Waals surface area contributed by atoms with Gasteiger partial charge >= 0.3 is 0 Å². The molecule has 2 heterocycles. The van der Waals surface area contributed by atoms with Crippen LogP contribution in [-0.2, 0) is 9.59 Å². The first-order valence-electron chi connectivity index (χ1n) is 6.87. The molecular formula is C13H20N2O2. The average molecular weight is 236 g/mol. The molecular weight excluding hydrogens is 216 g/mol. The number of nitrogens with zero attached hydrogens (tertiary/aromatic N) is 2. The van der Waals surface area contributed by atoms with Crippen LogP contribution in [0.4, 0.5) is 0 Å². The Morgan fingerprint density at radius 2 is 1.71 bits per heavy atom. The highest BCUT2D eigenvalue weighted by molar-refractivity contribution is 5.90. The van der Waals surface area contributed by atoms with Crippen LogP contribution >= 0.6 is 0 Å². The molecule has 0 bridgehead atoms. The number of rotatable bonds is 1. The molecule has 1 atom stereocenters. The van der Waals surface area contributed by atoms with Gasteiger partial charge in [-0.25, -0.2) is 0 Å². The second-order valence-corrected chi connectivity index (χ2v) is 5.47. The lowest BCUT2D eigenvalue weighted by Gasteiger charge is -2.40. The molecule has 0 spiro atoms. The Balaban J connectivity index is 1.81. The maximum atomic E-state index is 12.5. The fraction of sp³-hybridized carbons (Fsp3) is 0.846. The molecule has 0 aromatic carbocycles. The Bertz CT molecular complexity index is 338. The van der Waals surface area contributed by atoms with Crippen molar-refractivity contribution >= 4 is 11.8 Å². The van der Waals surface area contributed by atoms with E-state index >= 15 is 0 Å². The lowest BCUT2D eigenvalue weighted by molar-refractivity contribution is -0.145. The number of carbonyl (C=O) groups is 2. The van der Waals surface area contributed by atoms with Crippen LogP contribution in [0.2, 0.25) is 0 Å². The molecule has 1 unspecified atom stereocenters. The van der Waals surface area contributed by atoms with Crippen molar-refractivity contribution in [1.29, 1.82) is 0 Å². The number of hydrogen-bond donors (Lipinski definition) is 0. The van der Waals surface area contributed by atoms with Crippen molar-refractivity contribution in [2.75, 3.05) is 13.1 Å². The van der Waals surface area contributed by atoms with Gasteiger partial charge < -0.3 is 9.80 Å². The van der Waals surface area contributed by atoms with Crippen LogP contribution in [-0.4, -0.2) is 46.8 Å². The SMILES string of the molecule is O=C1C2CCCCN2C(=O)CCN1C1CCC1. The number of hydrogen-bond acceptors (Lipinski definition) is 2. The molecule has 1 saturated carbocycles. The topological polar surface area (TPSA) is 40.6 Å². The van der Waals surface area contributed by atoms with Gasteiger partial charge in [0, 0.05) is 25.6 Å². The predicted octanol–water partition coefficient (Wildman–Crippen LogP) is 1.15. The van der Waals surface area contributed by atoms with Gasteiger partial charge in [0.1, 0.15) is 6.04 Å². The minimum Gasteiger partial charge on any atom is -0.337 e. The molecule has 94 valence electrons. The third kappa shape index (κ3) is 1.83. The van der Waals surface area contributed by atoms with E-state index in [0.717, 1.165) is 38.6 Å². The van der Waals surface area contributed by atoms with Gasteiger partial charge in [-0.2, -0.15) is 0 Å². The van der Waals surface area contributed by atoms with Gasteiger partial charge in [0.15, 0.2) is 0 Å². The number of amides is 2. The Kier molecular flexibility index (Phi) is 2.81. The van der Waals surface area contributed by atoms with E-state index in [-0.39, 0.29) is 17.9 Å². The summed E-state index contributed by atoms with van der Waals surface area (Å²) in [5.74, 6) is 0.408. The second-order valence-electron chi connectivity index (χ2n) is 5.47. The molecule has 1 aliphatic carbocycles. The van der Waals surface area contributed by atoms with Crippen molar-refractivity contribution in [2.45, 2.75) is 57.0 Å². The highest BCUT2D eigenvalue weighted by atomic mass is 16.2. The third-order valence-electron chi connectivity index (χ3n) is 4.47. The van der Waals surface area contributed by atoms with Crippen molar-refractivity contribution in [2.24, 2.45) is 0 Å². The fourth-order valence-corrected chi connectivity index (χ4v) is 3.21. The minimum absolute atomic E-state index is 0.139. The molecule has 4 nitrogen and oxygen atoms in total. The lowest BCUT2D eigenvalue weighted by Crippen LogP contribution is -2.53. The summed E-state index contributed by atoms with van der Waals surface area (Å²) in [6.45, 7) is 1.43. The van der Waals surface area contributed by atoms with Crippen molar-refractivity contribution < 1.29 is 9.59 Å². The molecule has 3 rings (SSSR count). The highest BCUT2D eigenvalue weighted by Crippen LogP contribution is 2.30. The molecule has 2 saturated heterocycles. The van der Waals surface area contributed by atoms with E-state index in [2.05, 4.69) is 0 Å². The molecule has 0 aromatic heterocycles. The van der Waals surface area contributed by atoms with E-state index in [9.17, 15) is 9.59 Å². The molecule has 0 N–H and O–H groups in total. The van der Waals surface area contributed by atoms with E-state index < -0.39 is 0 Å². The van der Waals surface area contributed by atoms with E-state index in [4.69, 9.17) is 0 Å². The van der Waals surface area contributed by atoms with Crippen LogP contribution in [0.3, 0.4) is 0 Å². The summed E-state index contributed by atoms with van der Waals surface area (Å²) in [5.41, 5.74) is 0. The molecule has 17 heavy (non-hydrogen) atoms. The quantitative estimate of drug-likeness (QED) is 0.685. The van der Waals surface area contributed by atoms with Crippen LogP contribution in [0.1, 0.15) is 44.9 Å². The summed E-state index contributed by atoms with van der Waals surface area (Å²) >= 11 is 0. The molecule has 3 aliphatic rings. The van der Waals surface area contributed by atoms with E-state index in [0.29, 0.717) is 19.0 Å². The van der Waals surface area contributed by atoms with Crippen molar-refractivity contribution in [3.8, 4) is 0 Å². The zero-order valence-electron chi connectivity index (χ0n) is 10.2. The molecule has 0 radical (unpaired) electrons. The van der Waals surface area contributed by atoms with Crippen molar-refractivity contribution in [3.05, 3.63) is 0 Å². The normalized spacial score (nSPS) is 30.9. The lowest BCUT2D eigenvalue weighted by atomic mass is 9.90. The van der Waals surface area contributed by atoms with Gasteiger partial charge in [-0.05, 0) is 38.5 Å². The van der Waals surface area contributed by atoms with Crippen LogP contribution in [0.15, 0.2) is 0 Å². The summed E-state index contributed by atoms with van der Waals surface area (Å²) in [4.78, 5) is 28.3. The summed E-state index contributed by atoms with van der Waals surface area (Å²) in [5, 5.41) is 0. The molecule has 2 aliphatic heterocycles. The standard InChI is InChI=1S/C13H20N2O2/c16-12-7-9-14(10-4-3-5-10)13(17)11-6-1-2-8-15(11)12/h10-11H,1-9H2. The number of fused-ring (bicyclic) bond motifs is 1. The first-order valence-corrected chi connectivity index (χ1v) is 6.87. The Labute approximate surface area is 102 Å². The minimum atomic E-state index is -0.139. The summed E-state index contributed by atoms with van der Waals surface area (Å²) in [6.07, 6.45) is 7.03. The first-order chi connectivity index (χ1) is 8.27. The average Bonchev–Trinajstić information content (AvgIpc) is 2.40. The molecule has 3 fully saturated rings. The molecule has 0 aromatic rings. The smallest absolute Gasteiger partial charge is 0.245 e. The van der Waals surface area contributed by atoms with E-state index in [1.165, 1.54) is 6.42 Å². The largest absolute Gasteiger partial charge is 0.337 e. The highest BCUT2D eigenvalue weighted by Gasteiger charge is 2.40. The summed E-state index contributed by atoms with van der Waals surface area (Å²) < 4.78 is 0. The monoisotopic (exact) mass is 236 g/mol. The molecule has 2 amide bonds. The zero-order valence-corrected chi connectivity index (χ0v) is 10.2. The van der Waals surface area contributed by atoms with Crippen molar-refractivity contribution in [3.63, 3.8) is 0 Å². The van der Waals surface area contributed by atoms with Crippen molar-refractivity contribution in [1.82, 2.24) is 9.80 Å². The van der Waals surface area contributed by atoms with Crippen LogP contribution in [0.5, 0.6) is 0 Å². The first kappa shape index (κ1) is 11.1. The Morgan fingerprint density at radius 1 is 0.882 bits per heavy atom. The van der Waals surface area contributed by atoms with Gasteiger partial charge in [0.2, 0.25) is 11.8 Å². The molecule has 4 heteroatoms.